The number of hydrogen-bond acceptors (Lipinski definition) is 2. The molecular weight excluding hydrogens is 152 g/mol. The first-order valence-electron chi connectivity index (χ1n) is 4.47. The lowest BCUT2D eigenvalue weighted by Gasteiger charge is -2.22. The van der Waals surface area contributed by atoms with Gasteiger partial charge in [0, 0.05) is 18.6 Å². The molecule has 0 unspecified atom stereocenters. The van der Waals surface area contributed by atoms with Gasteiger partial charge < -0.3 is 10.0 Å². The van der Waals surface area contributed by atoms with Gasteiger partial charge in [-0.2, -0.15) is 0 Å². The van der Waals surface area contributed by atoms with Gasteiger partial charge in [-0.3, -0.25) is 4.99 Å². The molecule has 0 fully saturated rings. The summed E-state index contributed by atoms with van der Waals surface area (Å²) in [5.41, 5.74) is 0. The minimum Gasteiger partial charge on any atom is -0.395 e. The van der Waals surface area contributed by atoms with Gasteiger partial charge in [0.15, 0.2) is 0 Å². The van der Waals surface area contributed by atoms with Crippen LogP contribution in [0.3, 0.4) is 0 Å². The Kier molecular flexibility index (Phi) is 5.72. The van der Waals surface area contributed by atoms with E-state index in [1.807, 2.05) is 25.1 Å². The molecule has 0 heterocycles. The molecule has 1 N–H and O–H groups in total. The van der Waals surface area contributed by atoms with Crippen LogP contribution >= 0.6 is 0 Å². The van der Waals surface area contributed by atoms with Crippen LogP contribution in [0.15, 0.2) is 4.99 Å². The Bertz CT molecular complexity index is 132. The number of hydrogen-bond donors (Lipinski definition) is 1. The fourth-order valence-electron chi connectivity index (χ4n) is 0.784. The number of nitrogens with zero attached hydrogens (tertiary/aromatic N) is 2. The van der Waals surface area contributed by atoms with E-state index in [1.54, 1.807) is 0 Å². The Balaban J connectivity index is 3.94. The van der Waals surface area contributed by atoms with Crippen LogP contribution in [-0.4, -0.2) is 41.6 Å². The van der Waals surface area contributed by atoms with Gasteiger partial charge in [-0.15, -0.1) is 0 Å². The van der Waals surface area contributed by atoms with E-state index in [9.17, 15) is 0 Å². The molecule has 0 aromatic rings. The lowest BCUT2D eigenvalue weighted by atomic mass is 10.3. The van der Waals surface area contributed by atoms with Crippen LogP contribution < -0.4 is 0 Å². The standard InChI is InChI=1S/C9H20N2O/c1-8(2)10-7-11(5-6-12)9(3)4/h7-9,12H,5-6H2,1-4H3. The molecule has 0 aliphatic rings. The van der Waals surface area contributed by atoms with Crippen molar-refractivity contribution >= 4 is 6.34 Å². The molecule has 0 spiro atoms. The monoisotopic (exact) mass is 172 g/mol. The molecule has 72 valence electrons. The van der Waals surface area contributed by atoms with Crippen molar-refractivity contribution in [3.63, 3.8) is 0 Å². The Hall–Kier alpha value is -0.570. The van der Waals surface area contributed by atoms with E-state index in [-0.39, 0.29) is 6.61 Å². The number of aliphatic hydroxyl groups excluding tert-OH is 1. The molecule has 0 aliphatic carbocycles. The first-order chi connectivity index (χ1) is 5.57. The molecule has 0 aromatic carbocycles. The summed E-state index contributed by atoms with van der Waals surface area (Å²) < 4.78 is 0. The first-order valence-corrected chi connectivity index (χ1v) is 4.47. The zero-order chi connectivity index (χ0) is 9.56. The predicted molar refractivity (Wildman–Crippen MR) is 52.6 cm³/mol. The number of rotatable bonds is 5. The van der Waals surface area contributed by atoms with E-state index in [4.69, 9.17) is 5.11 Å². The number of aliphatic hydroxyl groups is 1. The minimum absolute atomic E-state index is 0.183. The van der Waals surface area contributed by atoms with Gasteiger partial charge in [0.25, 0.3) is 0 Å². The Morgan fingerprint density at radius 1 is 1.33 bits per heavy atom. The van der Waals surface area contributed by atoms with Crippen LogP contribution in [0.1, 0.15) is 27.7 Å². The van der Waals surface area contributed by atoms with Crippen molar-refractivity contribution < 1.29 is 5.11 Å². The van der Waals surface area contributed by atoms with Gasteiger partial charge in [-0.1, -0.05) is 0 Å². The summed E-state index contributed by atoms with van der Waals surface area (Å²) in [5, 5.41) is 8.75. The van der Waals surface area contributed by atoms with Crippen molar-refractivity contribution in [3.05, 3.63) is 0 Å². The summed E-state index contributed by atoms with van der Waals surface area (Å²) >= 11 is 0. The zero-order valence-corrected chi connectivity index (χ0v) is 8.49. The molecule has 0 saturated carbocycles. The minimum atomic E-state index is 0.183. The largest absolute Gasteiger partial charge is 0.395 e. The third kappa shape index (κ3) is 5.13. The van der Waals surface area contributed by atoms with Crippen molar-refractivity contribution in [2.45, 2.75) is 39.8 Å². The van der Waals surface area contributed by atoms with E-state index < -0.39 is 0 Å². The van der Waals surface area contributed by atoms with Gasteiger partial charge >= 0.3 is 0 Å². The topological polar surface area (TPSA) is 35.8 Å². The third-order valence-corrected chi connectivity index (χ3v) is 1.53. The lowest BCUT2D eigenvalue weighted by molar-refractivity contribution is 0.234. The van der Waals surface area contributed by atoms with Gasteiger partial charge in [-0.25, -0.2) is 0 Å². The van der Waals surface area contributed by atoms with Gasteiger partial charge in [0.1, 0.15) is 0 Å². The summed E-state index contributed by atoms with van der Waals surface area (Å²) in [6.45, 7) is 9.09. The van der Waals surface area contributed by atoms with Crippen LogP contribution in [-0.2, 0) is 0 Å². The van der Waals surface area contributed by atoms with E-state index in [2.05, 4.69) is 18.8 Å². The van der Waals surface area contributed by atoms with E-state index in [0.29, 0.717) is 18.6 Å². The molecule has 0 radical (unpaired) electrons. The second kappa shape index (κ2) is 6.00. The van der Waals surface area contributed by atoms with Crippen LogP contribution in [0.4, 0.5) is 0 Å². The molecule has 12 heavy (non-hydrogen) atoms. The summed E-state index contributed by atoms with van der Waals surface area (Å²) in [4.78, 5) is 6.28. The average molecular weight is 172 g/mol. The highest BCUT2D eigenvalue weighted by Crippen LogP contribution is 1.94. The fraction of sp³-hybridized carbons (Fsp3) is 0.889. The van der Waals surface area contributed by atoms with Gasteiger partial charge in [-0.05, 0) is 27.7 Å². The Labute approximate surface area is 75.1 Å². The maximum absolute atomic E-state index is 8.75. The molecule has 0 aliphatic heterocycles. The Morgan fingerprint density at radius 3 is 2.25 bits per heavy atom. The third-order valence-electron chi connectivity index (χ3n) is 1.53. The molecule has 0 aromatic heterocycles. The predicted octanol–water partition coefficient (Wildman–Crippen LogP) is 1.13. The highest BCUT2D eigenvalue weighted by molar-refractivity contribution is 5.55. The fourth-order valence-corrected chi connectivity index (χ4v) is 0.784. The summed E-state index contributed by atoms with van der Waals surface area (Å²) in [5.74, 6) is 0. The van der Waals surface area contributed by atoms with Crippen molar-refractivity contribution in [2.75, 3.05) is 13.2 Å². The van der Waals surface area contributed by atoms with E-state index >= 15 is 0 Å². The molecule has 0 atom stereocenters. The van der Waals surface area contributed by atoms with Crippen LogP contribution in [0.25, 0.3) is 0 Å². The Morgan fingerprint density at radius 2 is 1.92 bits per heavy atom. The average Bonchev–Trinajstić information content (AvgIpc) is 1.96. The summed E-state index contributed by atoms with van der Waals surface area (Å²) in [6, 6.07) is 0.726. The zero-order valence-electron chi connectivity index (χ0n) is 8.49. The summed E-state index contributed by atoms with van der Waals surface area (Å²) in [6.07, 6.45) is 1.82. The molecular formula is C9H20N2O. The molecule has 3 nitrogen and oxygen atoms in total. The van der Waals surface area contributed by atoms with Crippen LogP contribution in [0.5, 0.6) is 0 Å². The van der Waals surface area contributed by atoms with E-state index in [1.165, 1.54) is 0 Å². The molecule has 0 saturated heterocycles. The molecule has 0 bridgehead atoms. The van der Waals surface area contributed by atoms with Crippen molar-refractivity contribution in [2.24, 2.45) is 4.99 Å². The normalized spacial score (nSPS) is 11.9. The summed E-state index contributed by atoms with van der Waals surface area (Å²) in [7, 11) is 0. The highest BCUT2D eigenvalue weighted by Gasteiger charge is 2.02. The van der Waals surface area contributed by atoms with Gasteiger partial charge in [0.2, 0.25) is 0 Å². The molecule has 0 amide bonds. The first kappa shape index (κ1) is 11.4. The van der Waals surface area contributed by atoms with Crippen LogP contribution in [0.2, 0.25) is 0 Å². The van der Waals surface area contributed by atoms with Crippen molar-refractivity contribution in [1.82, 2.24) is 4.90 Å². The maximum Gasteiger partial charge on any atom is 0.0856 e. The molecule has 0 rings (SSSR count). The lowest BCUT2D eigenvalue weighted by Crippen LogP contribution is -2.32. The van der Waals surface area contributed by atoms with Crippen molar-refractivity contribution in [3.8, 4) is 0 Å². The van der Waals surface area contributed by atoms with Crippen molar-refractivity contribution in [1.29, 1.82) is 0 Å². The maximum atomic E-state index is 8.75. The second-order valence-electron chi connectivity index (χ2n) is 3.41. The molecule has 3 heteroatoms. The SMILES string of the molecule is CC(C)N=CN(CCO)C(C)C. The highest BCUT2D eigenvalue weighted by atomic mass is 16.3. The van der Waals surface area contributed by atoms with Gasteiger partial charge in [0.05, 0.1) is 12.9 Å². The quantitative estimate of drug-likeness (QED) is 0.498. The smallest absolute Gasteiger partial charge is 0.0856 e. The number of aliphatic imine (C=N–C) groups is 1. The van der Waals surface area contributed by atoms with E-state index in [0.717, 1.165) is 0 Å². The second-order valence-corrected chi connectivity index (χ2v) is 3.41. The van der Waals surface area contributed by atoms with Crippen LogP contribution in [0, 0.1) is 0 Å².